The number of unbranched alkanes of at least 4 members (excludes halogenated alkanes) is 2. The summed E-state index contributed by atoms with van der Waals surface area (Å²) in [5.41, 5.74) is 17.8. The summed E-state index contributed by atoms with van der Waals surface area (Å²) in [5, 5.41) is 71.1. The van der Waals surface area contributed by atoms with Crippen LogP contribution >= 0.6 is 0 Å². The van der Waals surface area contributed by atoms with E-state index in [2.05, 4.69) is 47.9 Å². The molecule has 0 fully saturated rings. The molecule has 10 amide bonds. The number of aromatic hydroxyl groups is 2. The Labute approximate surface area is 444 Å². The molecule has 0 aromatic heterocycles. The van der Waals surface area contributed by atoms with E-state index in [9.17, 15) is 78.3 Å². The quantitative estimate of drug-likeness (QED) is 0.0292. The topological polar surface area (TPSA) is 475 Å². The van der Waals surface area contributed by atoms with Crippen LogP contribution in [0, 0.1) is 0 Å². The van der Waals surface area contributed by atoms with Gasteiger partial charge in [0.05, 0.1) is 25.2 Å². The molecule has 0 aliphatic rings. The zero-order valence-corrected chi connectivity index (χ0v) is 43.3. The van der Waals surface area contributed by atoms with E-state index < -0.39 is 139 Å². The average Bonchev–Trinajstić information content (AvgIpc) is 3.35. The van der Waals surface area contributed by atoms with Crippen molar-refractivity contribution in [3.05, 3.63) is 59.7 Å². The summed E-state index contributed by atoms with van der Waals surface area (Å²) in [6.45, 7) is 4.21. The summed E-state index contributed by atoms with van der Waals surface area (Å²) in [5.74, 6) is -11.3. The van der Waals surface area contributed by atoms with Crippen LogP contribution in [0.25, 0.3) is 0 Å². The highest BCUT2D eigenvalue weighted by Gasteiger charge is 2.35. The van der Waals surface area contributed by atoms with Crippen molar-refractivity contribution in [1.82, 2.24) is 47.9 Å². The highest BCUT2D eigenvalue weighted by molar-refractivity contribution is 5.98. The molecule has 0 aliphatic carbocycles. The molecule has 0 bridgehead atoms. The second-order valence-corrected chi connectivity index (χ2v) is 18.3. The summed E-state index contributed by atoms with van der Waals surface area (Å²) in [4.78, 5) is 144. The van der Waals surface area contributed by atoms with E-state index in [1.165, 1.54) is 62.4 Å². The first-order valence-electron chi connectivity index (χ1n) is 24.8. The number of carbonyl (C=O) groups is 11. The molecule has 10 atom stereocenters. The minimum absolute atomic E-state index is 0.00394. The zero-order chi connectivity index (χ0) is 57.9. The van der Waals surface area contributed by atoms with Crippen molar-refractivity contribution in [1.29, 1.82) is 0 Å². The largest absolute Gasteiger partial charge is 0.508 e. The molecule has 28 nitrogen and oxygen atoms in total. The second-order valence-electron chi connectivity index (χ2n) is 18.3. The predicted molar refractivity (Wildman–Crippen MR) is 274 cm³/mol. The molecular weight excluding hydrogens is 1010 g/mol. The van der Waals surface area contributed by atoms with E-state index in [0.29, 0.717) is 30.4 Å². The SMILES string of the molecule is CC(=O)N[C@@H](Cc1ccc(O)cc1)C(=O)N[C@@H](CCCCN)C(=O)N[C@H](C(=O)N[C@@H](C)C(=O)N[C@@H](CC(=O)O)C(=O)NCC(=O)N[C@@H](CCCCN)C(=O)N[C@H](C(=O)N[C@@H](Cc1ccc(O)cc1)C(N)=O)[C@@H](C)O)[C@@H](C)O. The van der Waals surface area contributed by atoms with Gasteiger partial charge in [-0.1, -0.05) is 24.3 Å². The molecule has 2 rings (SSSR count). The van der Waals surface area contributed by atoms with E-state index in [-0.39, 0.29) is 56.7 Å². The fourth-order valence-electron chi connectivity index (χ4n) is 7.37. The third-order valence-corrected chi connectivity index (χ3v) is 11.6. The molecule has 0 saturated carbocycles. The minimum Gasteiger partial charge on any atom is -0.508 e. The number of aliphatic carboxylic acids is 1. The van der Waals surface area contributed by atoms with Crippen LogP contribution in [0.4, 0.5) is 0 Å². The van der Waals surface area contributed by atoms with E-state index >= 15 is 0 Å². The first kappa shape index (κ1) is 65.2. The van der Waals surface area contributed by atoms with Crippen LogP contribution in [-0.2, 0) is 65.6 Å². The van der Waals surface area contributed by atoms with E-state index in [1.54, 1.807) is 0 Å². The number of benzene rings is 2. The average molecular weight is 1090 g/mol. The molecule has 426 valence electrons. The van der Waals surface area contributed by atoms with Gasteiger partial charge in [0.1, 0.15) is 59.8 Å². The van der Waals surface area contributed by atoms with Gasteiger partial charge in [-0.2, -0.15) is 0 Å². The van der Waals surface area contributed by atoms with Crippen molar-refractivity contribution in [2.75, 3.05) is 19.6 Å². The number of aliphatic hydroxyl groups excluding tert-OH is 2. The van der Waals surface area contributed by atoms with Crippen molar-refractivity contribution >= 4 is 65.0 Å². The lowest BCUT2D eigenvalue weighted by Crippen LogP contribution is -2.61. The van der Waals surface area contributed by atoms with Gasteiger partial charge in [-0.05, 0) is 108 Å². The number of aliphatic hydroxyl groups is 2. The van der Waals surface area contributed by atoms with Crippen molar-refractivity contribution < 1.29 is 78.3 Å². The van der Waals surface area contributed by atoms with Crippen LogP contribution in [-0.4, -0.2) is 171 Å². The van der Waals surface area contributed by atoms with Gasteiger partial charge in [-0.3, -0.25) is 52.7 Å². The van der Waals surface area contributed by atoms with Crippen molar-refractivity contribution in [3.63, 3.8) is 0 Å². The maximum Gasteiger partial charge on any atom is 0.305 e. The van der Waals surface area contributed by atoms with Crippen LogP contribution in [0.5, 0.6) is 11.5 Å². The number of carbonyl (C=O) groups excluding carboxylic acids is 10. The van der Waals surface area contributed by atoms with Crippen LogP contribution in [0.15, 0.2) is 48.5 Å². The maximum atomic E-state index is 13.7. The Hall–Kier alpha value is -7.95. The van der Waals surface area contributed by atoms with Crippen LogP contribution in [0.1, 0.15) is 83.8 Å². The summed E-state index contributed by atoms with van der Waals surface area (Å²) in [6.07, 6.45) is -2.96. The number of rotatable bonds is 34. The first-order valence-corrected chi connectivity index (χ1v) is 24.8. The van der Waals surface area contributed by atoms with Gasteiger partial charge in [-0.25, -0.2) is 0 Å². The van der Waals surface area contributed by atoms with E-state index in [4.69, 9.17) is 17.2 Å². The Morgan fingerprint density at radius 1 is 0.494 bits per heavy atom. The van der Waals surface area contributed by atoms with E-state index in [1.807, 2.05) is 0 Å². The molecule has 20 N–H and O–H groups in total. The fourth-order valence-corrected chi connectivity index (χ4v) is 7.37. The van der Waals surface area contributed by atoms with Crippen molar-refractivity contribution in [2.45, 2.75) is 146 Å². The minimum atomic E-state index is -1.86. The lowest BCUT2D eigenvalue weighted by Gasteiger charge is -2.27. The van der Waals surface area contributed by atoms with Gasteiger partial charge in [0.2, 0.25) is 59.1 Å². The second kappa shape index (κ2) is 33.2. The predicted octanol–water partition coefficient (Wildman–Crippen LogP) is -5.10. The Morgan fingerprint density at radius 3 is 1.34 bits per heavy atom. The van der Waals surface area contributed by atoms with Gasteiger partial charge >= 0.3 is 5.97 Å². The first-order chi connectivity index (χ1) is 36.3. The van der Waals surface area contributed by atoms with Crippen molar-refractivity contribution in [3.8, 4) is 11.5 Å². The third kappa shape index (κ3) is 24.1. The molecule has 2 aromatic rings. The molecule has 0 unspecified atom stereocenters. The van der Waals surface area contributed by atoms with E-state index in [0.717, 1.165) is 13.8 Å². The number of primary amides is 1. The number of nitrogens with one attached hydrogen (secondary N) is 9. The number of hydrogen-bond donors (Lipinski definition) is 17. The molecule has 0 saturated heterocycles. The van der Waals surface area contributed by atoms with Crippen molar-refractivity contribution in [2.24, 2.45) is 17.2 Å². The zero-order valence-electron chi connectivity index (χ0n) is 43.3. The van der Waals surface area contributed by atoms with Crippen LogP contribution in [0.3, 0.4) is 0 Å². The molecule has 2 aromatic carbocycles. The Bertz CT molecular complexity index is 2340. The molecule has 28 heteroatoms. The van der Waals surface area contributed by atoms with Crippen LogP contribution < -0.4 is 65.1 Å². The van der Waals surface area contributed by atoms with Crippen LogP contribution in [0.2, 0.25) is 0 Å². The Kier molecular flexibility index (Phi) is 28.1. The number of nitrogens with two attached hydrogens (primary N) is 3. The normalized spacial score (nSPS) is 14.9. The highest BCUT2D eigenvalue weighted by atomic mass is 16.4. The van der Waals surface area contributed by atoms with Gasteiger partial charge in [0, 0.05) is 19.8 Å². The van der Waals surface area contributed by atoms with Gasteiger partial charge in [-0.15, -0.1) is 0 Å². The molecule has 0 radical (unpaired) electrons. The Balaban J connectivity index is 2.15. The lowest BCUT2D eigenvalue weighted by molar-refractivity contribution is -0.141. The van der Waals surface area contributed by atoms with Gasteiger partial charge in [0.25, 0.3) is 0 Å². The number of phenolic OH excluding ortho intramolecular Hbond substituents is 2. The third-order valence-electron chi connectivity index (χ3n) is 11.6. The summed E-state index contributed by atoms with van der Waals surface area (Å²) >= 11 is 0. The van der Waals surface area contributed by atoms with Gasteiger partial charge < -0.3 is 90.6 Å². The highest BCUT2D eigenvalue weighted by Crippen LogP contribution is 2.14. The maximum absolute atomic E-state index is 13.7. The molecule has 0 heterocycles. The smallest absolute Gasteiger partial charge is 0.305 e. The number of carboxylic acids is 1. The summed E-state index contributed by atoms with van der Waals surface area (Å²) in [6, 6.07) is -0.542. The van der Waals surface area contributed by atoms with Gasteiger partial charge in [0.15, 0.2) is 0 Å². The molecular formula is C49H74N12O16. The summed E-state index contributed by atoms with van der Waals surface area (Å²) in [7, 11) is 0. The lowest BCUT2D eigenvalue weighted by atomic mass is 10.0. The number of carboxylic acid groups (broad SMARTS) is 1. The molecule has 0 spiro atoms. The number of hydrogen-bond acceptors (Lipinski definition) is 17. The number of amides is 10. The monoisotopic (exact) mass is 1090 g/mol. The standard InChI is InChI=1S/C49H74N12O16/c1-25(54-48(76)40(26(2)62)60-46(74)34(10-6-8-20-51)57-47(75)36(55-28(4)64)22-30-13-17-32(66)18-14-30)43(71)59-37(23-39(68)69)44(72)53-24-38(67)56-33(9-5-7-19-50)45(73)61-41(27(3)63)49(77)58-35(42(52)70)21-29-11-15-31(65)16-12-29/h11-18,25-27,33-37,40-41,62-63,65-66H,5-10,19-24,50-51H2,1-4H3,(H2,52,70)(H,53,72)(H,54,76)(H,55,64)(H,56,67)(H,57,75)(H,58,77)(H,59,71)(H,60,74)(H,61,73)(H,68,69)/t25-,26+,27+,33-,34-,35-,36-,37-,40-,41-/m0/s1. The fraction of sp³-hybridized carbons (Fsp3) is 0.531. The molecule has 0 aliphatic heterocycles. The Morgan fingerprint density at radius 2 is 0.909 bits per heavy atom. The number of phenols is 2. The summed E-state index contributed by atoms with van der Waals surface area (Å²) < 4.78 is 0. The molecule has 77 heavy (non-hydrogen) atoms.